The van der Waals surface area contributed by atoms with Gasteiger partial charge in [-0.3, -0.25) is 18.6 Å². The van der Waals surface area contributed by atoms with Crippen LogP contribution >= 0.6 is 7.82 Å². The molecule has 0 saturated heterocycles. The van der Waals surface area contributed by atoms with Crippen LogP contribution in [0.5, 0.6) is 0 Å². The van der Waals surface area contributed by atoms with Crippen molar-refractivity contribution in [1.82, 2.24) is 0 Å². The first-order valence-electron chi connectivity index (χ1n) is 37.0. The van der Waals surface area contributed by atoms with Crippen LogP contribution in [-0.4, -0.2) is 49.3 Å². The van der Waals surface area contributed by atoms with E-state index in [9.17, 15) is 19.0 Å². The zero-order chi connectivity index (χ0) is 65.8. The lowest BCUT2D eigenvalue weighted by Crippen LogP contribution is -2.29. The Kier molecular flexibility index (Phi) is 71.1. The summed E-state index contributed by atoms with van der Waals surface area (Å²) in [7, 11) is -4.40. The van der Waals surface area contributed by atoms with E-state index in [4.69, 9.17) is 24.3 Å². The van der Waals surface area contributed by atoms with Gasteiger partial charge in [0.2, 0.25) is 0 Å². The van der Waals surface area contributed by atoms with E-state index in [2.05, 4.69) is 172 Å². The van der Waals surface area contributed by atoms with Crippen LogP contribution in [0.2, 0.25) is 0 Å². The van der Waals surface area contributed by atoms with Crippen molar-refractivity contribution in [3.63, 3.8) is 0 Å². The predicted molar refractivity (Wildman–Crippen MR) is 394 cm³/mol. The molecule has 0 heterocycles. The second kappa shape index (κ2) is 74.7. The summed E-state index contributed by atoms with van der Waals surface area (Å²) in [5, 5.41) is 0. The highest BCUT2D eigenvalue weighted by Crippen LogP contribution is 2.43. The van der Waals surface area contributed by atoms with Crippen LogP contribution in [0.3, 0.4) is 0 Å². The highest BCUT2D eigenvalue weighted by Gasteiger charge is 2.26. The molecule has 10 heteroatoms. The van der Waals surface area contributed by atoms with E-state index in [1.807, 2.05) is 0 Å². The SMILES string of the molecule is CC/C=C\C/C=C\C/C=C\C/C=C\C/C=C\C/C=C\C/C=C\CCCCCCCCCCCCCCCCCCCCCC(=O)OC(COC(=O)CCCCCCCCCCCC/C=C\C/C=C\C/C=C\C/C=C\C/C=C\C/C=C\CC)COP(=O)(O)OCCN. The summed E-state index contributed by atoms with van der Waals surface area (Å²) in [4.78, 5) is 35.4. The van der Waals surface area contributed by atoms with Gasteiger partial charge in [-0.15, -0.1) is 0 Å². The fraction of sp³-hybridized carbons (Fsp3) is 0.654. The maximum absolute atomic E-state index is 12.8. The summed E-state index contributed by atoms with van der Waals surface area (Å²) in [5.74, 6) is -0.831. The third kappa shape index (κ3) is 74.5. The molecule has 2 unspecified atom stereocenters. The molecule has 0 spiro atoms. The molecule has 0 aromatic heterocycles. The first-order valence-corrected chi connectivity index (χ1v) is 38.5. The van der Waals surface area contributed by atoms with E-state index in [1.165, 1.54) is 141 Å². The van der Waals surface area contributed by atoms with E-state index < -0.39 is 26.5 Å². The molecule has 0 radical (unpaired) electrons. The second-order valence-corrected chi connectivity index (χ2v) is 25.5. The summed E-state index contributed by atoms with van der Waals surface area (Å²) in [5.41, 5.74) is 5.41. The van der Waals surface area contributed by atoms with Crippen molar-refractivity contribution in [2.45, 2.75) is 315 Å². The summed E-state index contributed by atoms with van der Waals surface area (Å²) < 4.78 is 33.2. The molecule has 0 aliphatic rings. The van der Waals surface area contributed by atoms with Gasteiger partial charge in [0, 0.05) is 19.4 Å². The van der Waals surface area contributed by atoms with Crippen molar-refractivity contribution in [1.29, 1.82) is 0 Å². The van der Waals surface area contributed by atoms with Crippen molar-refractivity contribution < 1.29 is 37.6 Å². The number of unbranched alkanes of at least 4 members (excludes halogenated alkanes) is 29. The number of hydrogen-bond donors (Lipinski definition) is 2. The Balaban J connectivity index is 3.87. The molecular weight excluding hydrogens is 1150 g/mol. The number of esters is 2. The Hall–Kier alpha value is -4.37. The Morgan fingerprint density at radius 2 is 0.571 bits per heavy atom. The van der Waals surface area contributed by atoms with Crippen LogP contribution in [-0.2, 0) is 32.7 Å². The first-order chi connectivity index (χ1) is 44.8. The number of ether oxygens (including phenoxy) is 2. The van der Waals surface area contributed by atoms with Crippen LogP contribution in [0, 0.1) is 0 Å². The summed E-state index contributed by atoms with van der Waals surface area (Å²) >= 11 is 0. The number of carbonyl (C=O) groups excluding carboxylic acids is 2. The largest absolute Gasteiger partial charge is 0.472 e. The minimum absolute atomic E-state index is 0.0476. The molecule has 0 aliphatic heterocycles. The number of allylic oxidation sites excluding steroid dienone is 26. The highest BCUT2D eigenvalue weighted by atomic mass is 31.2. The zero-order valence-electron chi connectivity index (χ0n) is 58.3. The Morgan fingerprint density at radius 3 is 0.846 bits per heavy atom. The molecule has 0 aliphatic carbocycles. The van der Waals surface area contributed by atoms with Gasteiger partial charge in [-0.25, -0.2) is 4.57 Å². The van der Waals surface area contributed by atoms with Crippen LogP contribution in [0.1, 0.15) is 309 Å². The number of hydrogen-bond acceptors (Lipinski definition) is 8. The standard InChI is InChI=1S/C81H136NO8P/c1-3-5-7-9-11-13-15-17-19-21-23-25-27-29-31-33-34-35-36-37-38-39-40-41-42-43-44-46-48-50-52-54-56-58-60-62-64-66-68-70-72-74-81(84)90-79(78-89-91(85,86)88-76-75-82)77-87-80(83)73-71-69-67-65-63-61-59-57-55-53-51-49-47-45-32-30-28-26-24-22-20-18-16-14-12-10-8-6-4-2/h5-8,11-14,17-20,23-26,29-32,34-35,37-38,47,49,79H,3-4,9-10,15-16,21-22,27-28,33,36,39-46,48,50-78,82H2,1-2H3,(H,85,86)/b7-5-,8-6-,13-11-,14-12-,19-17-,20-18-,25-23-,26-24-,31-29-,32-30-,35-34-,38-37-,49-47-. The van der Waals surface area contributed by atoms with Crippen LogP contribution < -0.4 is 5.73 Å². The fourth-order valence-electron chi connectivity index (χ4n) is 10.0. The molecule has 0 aromatic rings. The van der Waals surface area contributed by atoms with E-state index >= 15 is 0 Å². The Labute approximate surface area is 559 Å². The lowest BCUT2D eigenvalue weighted by atomic mass is 10.0. The van der Waals surface area contributed by atoms with E-state index in [1.54, 1.807) is 0 Å². The van der Waals surface area contributed by atoms with Crippen molar-refractivity contribution in [3.05, 3.63) is 158 Å². The normalized spacial score (nSPS) is 13.8. The monoisotopic (exact) mass is 1280 g/mol. The van der Waals surface area contributed by atoms with Gasteiger partial charge in [0.25, 0.3) is 0 Å². The third-order valence-corrected chi connectivity index (χ3v) is 16.4. The fourth-order valence-corrected chi connectivity index (χ4v) is 10.8. The van der Waals surface area contributed by atoms with Gasteiger partial charge in [-0.2, -0.15) is 0 Å². The molecule has 0 saturated carbocycles. The van der Waals surface area contributed by atoms with Crippen LogP contribution in [0.15, 0.2) is 158 Å². The molecule has 3 N–H and O–H groups in total. The Morgan fingerprint density at radius 1 is 0.330 bits per heavy atom. The number of carbonyl (C=O) groups is 2. The first kappa shape index (κ1) is 86.6. The zero-order valence-corrected chi connectivity index (χ0v) is 59.2. The lowest BCUT2D eigenvalue weighted by molar-refractivity contribution is -0.161. The van der Waals surface area contributed by atoms with Crippen molar-refractivity contribution >= 4 is 19.8 Å². The van der Waals surface area contributed by atoms with Gasteiger partial charge in [-0.1, -0.05) is 332 Å². The maximum atomic E-state index is 12.8. The summed E-state index contributed by atoms with van der Waals surface area (Å²) in [6.07, 6.45) is 109. The molecule has 518 valence electrons. The second-order valence-electron chi connectivity index (χ2n) is 24.0. The minimum Gasteiger partial charge on any atom is -0.462 e. The molecule has 0 aromatic carbocycles. The van der Waals surface area contributed by atoms with Gasteiger partial charge in [0.05, 0.1) is 13.2 Å². The number of rotatable bonds is 68. The topological polar surface area (TPSA) is 134 Å². The van der Waals surface area contributed by atoms with E-state index in [-0.39, 0.29) is 38.6 Å². The maximum Gasteiger partial charge on any atom is 0.472 e. The third-order valence-electron chi connectivity index (χ3n) is 15.4. The van der Waals surface area contributed by atoms with Gasteiger partial charge in [0.1, 0.15) is 6.61 Å². The van der Waals surface area contributed by atoms with Gasteiger partial charge in [-0.05, 0) is 122 Å². The summed E-state index contributed by atoms with van der Waals surface area (Å²) in [6, 6.07) is 0. The van der Waals surface area contributed by atoms with Crippen molar-refractivity contribution in [2.24, 2.45) is 5.73 Å². The van der Waals surface area contributed by atoms with E-state index in [0.717, 1.165) is 135 Å². The van der Waals surface area contributed by atoms with Crippen LogP contribution in [0.4, 0.5) is 0 Å². The lowest BCUT2D eigenvalue weighted by Gasteiger charge is -2.19. The summed E-state index contributed by atoms with van der Waals surface area (Å²) in [6.45, 7) is 3.53. The number of nitrogens with two attached hydrogens (primary N) is 1. The van der Waals surface area contributed by atoms with Gasteiger partial charge in [0.15, 0.2) is 6.10 Å². The molecule has 2 atom stereocenters. The number of phosphoric ester groups is 1. The molecule has 0 amide bonds. The van der Waals surface area contributed by atoms with Gasteiger partial charge >= 0.3 is 19.8 Å². The van der Waals surface area contributed by atoms with Crippen molar-refractivity contribution in [3.8, 4) is 0 Å². The number of phosphoric acid groups is 1. The molecule has 9 nitrogen and oxygen atoms in total. The molecule has 91 heavy (non-hydrogen) atoms. The molecule has 0 bridgehead atoms. The smallest absolute Gasteiger partial charge is 0.462 e. The molecule has 0 rings (SSSR count). The van der Waals surface area contributed by atoms with Crippen molar-refractivity contribution in [2.75, 3.05) is 26.4 Å². The Bertz CT molecular complexity index is 2050. The molecule has 0 fully saturated rings. The minimum atomic E-state index is -4.40. The predicted octanol–water partition coefficient (Wildman–Crippen LogP) is 24.7. The van der Waals surface area contributed by atoms with E-state index in [0.29, 0.717) is 6.42 Å². The molecular formula is C81H136NO8P. The van der Waals surface area contributed by atoms with Crippen LogP contribution in [0.25, 0.3) is 0 Å². The average molecular weight is 1280 g/mol. The average Bonchev–Trinajstić information content (AvgIpc) is 3.74. The van der Waals surface area contributed by atoms with Gasteiger partial charge < -0.3 is 20.1 Å². The quantitative estimate of drug-likeness (QED) is 0.0264. The highest BCUT2D eigenvalue weighted by molar-refractivity contribution is 7.47.